The molecule has 8 nitrogen and oxygen atoms in total. The molecule has 1 unspecified atom stereocenters. The normalized spacial score (nSPS) is 14.7. The van der Waals surface area contributed by atoms with Crippen molar-refractivity contribution in [2.45, 2.75) is 39.2 Å². The van der Waals surface area contributed by atoms with Crippen molar-refractivity contribution in [2.75, 3.05) is 18.0 Å². The number of sulfonamides is 1. The summed E-state index contributed by atoms with van der Waals surface area (Å²) in [6.45, 7) is 4.45. The lowest BCUT2D eigenvalue weighted by atomic mass is 10.0. The molecule has 0 spiro atoms. The van der Waals surface area contributed by atoms with Gasteiger partial charge in [-0.3, -0.25) is 14.4 Å². The molecule has 0 saturated carbocycles. The van der Waals surface area contributed by atoms with E-state index in [1.54, 1.807) is 49.1 Å². The highest BCUT2D eigenvalue weighted by Gasteiger charge is 2.37. The Morgan fingerprint density at radius 2 is 1.64 bits per heavy atom. The van der Waals surface area contributed by atoms with E-state index in [2.05, 4.69) is 0 Å². The molecule has 3 amide bonds. The van der Waals surface area contributed by atoms with Crippen LogP contribution in [0.2, 0.25) is 0 Å². The molecule has 2 aromatic rings. The molecule has 0 radical (unpaired) electrons. The van der Waals surface area contributed by atoms with E-state index in [1.807, 2.05) is 4.72 Å². The highest BCUT2D eigenvalue weighted by molar-refractivity contribution is 7.93. The van der Waals surface area contributed by atoms with Crippen molar-refractivity contribution < 1.29 is 27.2 Å². The number of benzene rings is 2. The molecule has 1 fully saturated rings. The first-order chi connectivity index (χ1) is 17.1. The van der Waals surface area contributed by atoms with Crippen LogP contribution in [0.25, 0.3) is 6.08 Å². The van der Waals surface area contributed by atoms with Crippen molar-refractivity contribution in [1.29, 1.82) is 0 Å². The fourth-order valence-electron chi connectivity index (χ4n) is 3.99. The maximum atomic E-state index is 13.6. The van der Waals surface area contributed by atoms with Crippen LogP contribution in [-0.2, 0) is 24.4 Å². The third-order valence-corrected chi connectivity index (χ3v) is 6.77. The number of rotatable bonds is 9. The summed E-state index contributed by atoms with van der Waals surface area (Å²) in [6, 6.07) is 13.3. The number of nitrogens with zero attached hydrogens (tertiary/aromatic N) is 2. The Balaban J connectivity index is 1.87. The largest absolute Gasteiger partial charge is 0.343 e. The van der Waals surface area contributed by atoms with Gasteiger partial charge in [0.1, 0.15) is 11.7 Å². The Bertz CT molecular complexity index is 1210. The lowest BCUT2D eigenvalue weighted by Gasteiger charge is -2.30. The van der Waals surface area contributed by atoms with Gasteiger partial charge in [-0.15, -0.1) is 0 Å². The molecule has 2 aromatic carbocycles. The second-order valence-corrected chi connectivity index (χ2v) is 10.4. The van der Waals surface area contributed by atoms with Gasteiger partial charge in [-0.2, -0.15) is 0 Å². The number of amides is 3. The first kappa shape index (κ1) is 27.1. The maximum absolute atomic E-state index is 13.6. The standard InChI is InChI=1S/C26H30FN3O5S/c1-19(2)30(22-12-10-21(27)11-13-22)26(33)23(18-24(31)29-15-6-7-16-29)25(32)28-36(34,35)17-14-20-8-4-3-5-9-20/h3-5,8-14,17,19,23H,6-7,15-16,18H2,1-2H3,(H,28,32). The Morgan fingerprint density at radius 3 is 2.22 bits per heavy atom. The fraction of sp³-hybridized carbons (Fsp3) is 0.346. The summed E-state index contributed by atoms with van der Waals surface area (Å²) in [5, 5.41) is 0.838. The molecule has 1 aliphatic rings. The molecular weight excluding hydrogens is 485 g/mol. The molecule has 1 saturated heterocycles. The first-order valence-electron chi connectivity index (χ1n) is 11.7. The van der Waals surface area contributed by atoms with Crippen LogP contribution in [-0.4, -0.2) is 50.2 Å². The third-order valence-electron chi connectivity index (χ3n) is 5.79. The number of halogens is 1. The minimum atomic E-state index is -4.25. The van der Waals surface area contributed by atoms with Gasteiger partial charge in [0.05, 0.1) is 5.41 Å². The summed E-state index contributed by atoms with van der Waals surface area (Å²) < 4.78 is 40.6. The van der Waals surface area contributed by atoms with Crippen LogP contribution < -0.4 is 9.62 Å². The number of likely N-dealkylation sites (tertiary alicyclic amines) is 1. The fourth-order valence-corrected chi connectivity index (χ4v) is 4.82. The molecule has 0 aliphatic carbocycles. The summed E-state index contributed by atoms with van der Waals surface area (Å²) in [5.74, 6) is -4.34. The van der Waals surface area contributed by atoms with Crippen molar-refractivity contribution in [3.8, 4) is 0 Å². The number of hydrogen-bond acceptors (Lipinski definition) is 5. The molecular formula is C26H30FN3O5S. The van der Waals surface area contributed by atoms with Crippen molar-refractivity contribution in [1.82, 2.24) is 9.62 Å². The SMILES string of the molecule is CC(C)N(C(=O)C(CC(=O)N1CCCC1)C(=O)NS(=O)(=O)C=Cc1ccccc1)c1ccc(F)cc1. The second kappa shape index (κ2) is 11.9. The summed E-state index contributed by atoms with van der Waals surface area (Å²) in [5.41, 5.74) is 0.934. The van der Waals surface area contributed by atoms with Crippen LogP contribution in [0.1, 0.15) is 38.7 Å². The van der Waals surface area contributed by atoms with Crippen LogP contribution >= 0.6 is 0 Å². The van der Waals surface area contributed by atoms with Crippen LogP contribution in [0.5, 0.6) is 0 Å². The Morgan fingerprint density at radius 1 is 1.03 bits per heavy atom. The molecule has 36 heavy (non-hydrogen) atoms. The summed E-state index contributed by atoms with van der Waals surface area (Å²) in [7, 11) is -4.25. The zero-order chi connectivity index (χ0) is 26.3. The molecule has 10 heteroatoms. The topological polar surface area (TPSA) is 104 Å². The van der Waals surface area contributed by atoms with Gasteiger partial charge in [-0.05, 0) is 62.6 Å². The average molecular weight is 516 g/mol. The summed E-state index contributed by atoms with van der Waals surface area (Å²) >= 11 is 0. The predicted molar refractivity (Wildman–Crippen MR) is 135 cm³/mol. The zero-order valence-corrected chi connectivity index (χ0v) is 21.1. The molecule has 0 aromatic heterocycles. The van der Waals surface area contributed by atoms with E-state index in [0.717, 1.165) is 18.2 Å². The number of hydrogen-bond donors (Lipinski definition) is 1. The molecule has 3 rings (SSSR count). The lowest BCUT2D eigenvalue weighted by molar-refractivity contribution is -0.140. The van der Waals surface area contributed by atoms with Crippen LogP contribution in [0.4, 0.5) is 10.1 Å². The maximum Gasteiger partial charge on any atom is 0.257 e. The van der Waals surface area contributed by atoms with Gasteiger partial charge >= 0.3 is 0 Å². The van der Waals surface area contributed by atoms with Gasteiger partial charge in [0.15, 0.2) is 0 Å². The summed E-state index contributed by atoms with van der Waals surface area (Å²) in [6.07, 6.45) is 2.49. The van der Waals surface area contributed by atoms with E-state index < -0.39 is 51.9 Å². The summed E-state index contributed by atoms with van der Waals surface area (Å²) in [4.78, 5) is 42.5. The Hall–Kier alpha value is -3.53. The van der Waals surface area contributed by atoms with Gasteiger partial charge in [-0.1, -0.05) is 30.3 Å². The van der Waals surface area contributed by atoms with Crippen molar-refractivity contribution in [3.63, 3.8) is 0 Å². The number of nitrogens with one attached hydrogen (secondary N) is 1. The second-order valence-electron chi connectivity index (χ2n) is 8.85. The minimum absolute atomic E-state index is 0.328. The van der Waals surface area contributed by atoms with E-state index in [4.69, 9.17) is 0 Å². The molecule has 1 heterocycles. The van der Waals surface area contributed by atoms with E-state index in [1.165, 1.54) is 35.2 Å². The number of carbonyl (C=O) groups is 3. The van der Waals surface area contributed by atoms with E-state index in [9.17, 15) is 27.2 Å². The molecule has 1 atom stereocenters. The zero-order valence-electron chi connectivity index (χ0n) is 20.3. The Labute approximate surface area is 210 Å². The molecule has 0 bridgehead atoms. The predicted octanol–water partition coefficient (Wildman–Crippen LogP) is 3.31. The van der Waals surface area contributed by atoms with Crippen molar-refractivity contribution >= 4 is 39.5 Å². The lowest BCUT2D eigenvalue weighted by Crippen LogP contribution is -2.49. The molecule has 1 aliphatic heterocycles. The third kappa shape index (κ3) is 7.24. The van der Waals surface area contributed by atoms with Crippen LogP contribution in [0.3, 0.4) is 0 Å². The first-order valence-corrected chi connectivity index (χ1v) is 13.3. The quantitative estimate of drug-likeness (QED) is 0.516. The van der Waals surface area contributed by atoms with Crippen LogP contribution in [0.15, 0.2) is 60.0 Å². The minimum Gasteiger partial charge on any atom is -0.343 e. The number of anilines is 1. The van der Waals surface area contributed by atoms with E-state index in [-0.39, 0.29) is 0 Å². The molecule has 1 N–H and O–H groups in total. The van der Waals surface area contributed by atoms with Crippen molar-refractivity contribution in [2.24, 2.45) is 5.92 Å². The molecule has 192 valence electrons. The van der Waals surface area contributed by atoms with Gasteiger partial charge < -0.3 is 9.80 Å². The van der Waals surface area contributed by atoms with Gasteiger partial charge in [-0.25, -0.2) is 17.5 Å². The monoisotopic (exact) mass is 515 g/mol. The highest BCUT2D eigenvalue weighted by Crippen LogP contribution is 2.23. The average Bonchev–Trinajstić information content (AvgIpc) is 3.38. The van der Waals surface area contributed by atoms with Crippen LogP contribution in [0, 0.1) is 11.7 Å². The van der Waals surface area contributed by atoms with Gasteiger partial charge in [0, 0.05) is 31.2 Å². The van der Waals surface area contributed by atoms with Gasteiger partial charge in [0.2, 0.25) is 17.7 Å². The van der Waals surface area contributed by atoms with Gasteiger partial charge in [0.25, 0.3) is 10.0 Å². The van der Waals surface area contributed by atoms with E-state index in [0.29, 0.717) is 24.3 Å². The highest BCUT2D eigenvalue weighted by atomic mass is 32.2. The van der Waals surface area contributed by atoms with E-state index >= 15 is 0 Å². The van der Waals surface area contributed by atoms with Crippen molar-refractivity contribution in [3.05, 3.63) is 71.4 Å². The smallest absolute Gasteiger partial charge is 0.257 e. The Kier molecular flexibility index (Phi) is 8.98. The number of carbonyl (C=O) groups excluding carboxylic acids is 3.